The van der Waals surface area contributed by atoms with Gasteiger partial charge in [-0.2, -0.15) is 5.26 Å². The highest BCUT2D eigenvalue weighted by Crippen LogP contribution is 2.18. The Morgan fingerprint density at radius 1 is 1.19 bits per heavy atom. The maximum absolute atomic E-state index is 13.0. The van der Waals surface area contributed by atoms with Gasteiger partial charge >= 0.3 is 0 Å². The summed E-state index contributed by atoms with van der Waals surface area (Å²) in [5.41, 5.74) is 1.76. The van der Waals surface area contributed by atoms with Gasteiger partial charge in [-0.3, -0.25) is 14.2 Å². The molecule has 0 aliphatic rings. The number of nitrogens with one attached hydrogen (secondary N) is 2. The highest BCUT2D eigenvalue weighted by molar-refractivity contribution is 6.31. The van der Waals surface area contributed by atoms with Crippen molar-refractivity contribution in [2.75, 3.05) is 11.9 Å². The monoisotopic (exact) mass is 436 g/mol. The lowest BCUT2D eigenvalue weighted by atomic mass is 10.1. The summed E-state index contributed by atoms with van der Waals surface area (Å²) >= 11 is 6.18. The molecule has 1 amide bonds. The Balaban J connectivity index is 1.80. The molecule has 8 heteroatoms. The van der Waals surface area contributed by atoms with Crippen LogP contribution in [0.1, 0.15) is 24.3 Å². The number of hydrogen-bond donors (Lipinski definition) is 2. The number of carbonyl (C=O) groups is 1. The number of halogens is 1. The molecule has 7 nitrogen and oxygen atoms in total. The number of carbonyl (C=O) groups excluding carboxylic acids is 1. The predicted molar refractivity (Wildman–Crippen MR) is 119 cm³/mol. The SMILES string of the molecule is CCOC(C(=O)NCc1ccc(C#N)cc1Cl)n1cccc(Nc2ccccc2)c1=O. The van der Waals surface area contributed by atoms with Crippen LogP contribution < -0.4 is 16.2 Å². The normalized spacial score (nSPS) is 11.4. The van der Waals surface area contributed by atoms with Gasteiger partial charge in [0, 0.05) is 30.1 Å². The van der Waals surface area contributed by atoms with Crippen LogP contribution in [-0.4, -0.2) is 17.1 Å². The standard InChI is InChI=1S/C23H21ClN4O3/c1-2-31-23(21(29)26-15-17-11-10-16(14-25)13-19(17)24)28-12-6-9-20(22(28)30)27-18-7-4-3-5-8-18/h3-13,23,27H,2,15H2,1H3,(H,26,29). The molecule has 0 bridgehead atoms. The fraction of sp³-hybridized carbons (Fsp3) is 0.174. The Morgan fingerprint density at radius 2 is 1.97 bits per heavy atom. The molecule has 0 aliphatic heterocycles. The van der Waals surface area contributed by atoms with Gasteiger partial charge in [0.05, 0.1) is 11.6 Å². The Bertz CT molecular complexity index is 1160. The zero-order valence-electron chi connectivity index (χ0n) is 16.8. The molecule has 3 rings (SSSR count). The van der Waals surface area contributed by atoms with E-state index in [0.717, 1.165) is 5.69 Å². The molecule has 0 saturated carbocycles. The lowest BCUT2D eigenvalue weighted by Gasteiger charge is -2.20. The molecule has 0 radical (unpaired) electrons. The Labute approximate surface area is 184 Å². The second kappa shape index (κ2) is 10.4. The summed E-state index contributed by atoms with van der Waals surface area (Å²) < 4.78 is 6.82. The van der Waals surface area contributed by atoms with Crippen LogP contribution in [0.15, 0.2) is 71.7 Å². The molecular formula is C23H21ClN4O3. The van der Waals surface area contributed by atoms with Crippen LogP contribution >= 0.6 is 11.6 Å². The quantitative estimate of drug-likeness (QED) is 0.557. The number of nitriles is 1. The Hall–Kier alpha value is -3.60. The minimum atomic E-state index is -1.15. The number of benzene rings is 2. The molecule has 2 aromatic carbocycles. The topological polar surface area (TPSA) is 96.2 Å². The van der Waals surface area contributed by atoms with E-state index in [1.54, 1.807) is 31.2 Å². The molecule has 2 N–H and O–H groups in total. The second-order valence-electron chi connectivity index (χ2n) is 6.57. The van der Waals surface area contributed by atoms with Gasteiger partial charge in [-0.25, -0.2) is 0 Å². The van der Waals surface area contributed by atoms with Gasteiger partial charge in [-0.1, -0.05) is 35.9 Å². The number of anilines is 2. The molecule has 31 heavy (non-hydrogen) atoms. The van der Waals surface area contributed by atoms with Gasteiger partial charge in [-0.05, 0) is 48.9 Å². The lowest BCUT2D eigenvalue weighted by molar-refractivity contribution is -0.139. The Morgan fingerprint density at radius 3 is 2.65 bits per heavy atom. The number of aromatic nitrogens is 1. The van der Waals surface area contributed by atoms with Crippen LogP contribution in [0.2, 0.25) is 5.02 Å². The number of nitrogens with zero attached hydrogens (tertiary/aromatic N) is 2. The summed E-state index contributed by atoms with van der Waals surface area (Å²) in [6.45, 7) is 2.11. The van der Waals surface area contributed by atoms with Crippen LogP contribution in [0.25, 0.3) is 0 Å². The zero-order valence-corrected chi connectivity index (χ0v) is 17.6. The van der Waals surface area contributed by atoms with E-state index >= 15 is 0 Å². The molecule has 0 fully saturated rings. The predicted octanol–water partition coefficient (Wildman–Crippen LogP) is 3.97. The largest absolute Gasteiger partial charge is 0.351 e. The molecule has 1 unspecified atom stereocenters. The maximum atomic E-state index is 13.0. The van der Waals surface area contributed by atoms with Gasteiger partial charge in [0.1, 0.15) is 5.69 Å². The first kappa shape index (κ1) is 22.1. The van der Waals surface area contributed by atoms with E-state index in [4.69, 9.17) is 21.6 Å². The molecule has 1 atom stereocenters. The number of amides is 1. The smallest absolute Gasteiger partial charge is 0.276 e. The highest BCUT2D eigenvalue weighted by Gasteiger charge is 2.22. The van der Waals surface area contributed by atoms with Crippen LogP contribution in [0, 0.1) is 11.3 Å². The second-order valence-corrected chi connectivity index (χ2v) is 6.98. The molecule has 0 spiro atoms. The first-order valence-corrected chi connectivity index (χ1v) is 10.0. The van der Waals surface area contributed by atoms with E-state index in [9.17, 15) is 9.59 Å². The van der Waals surface area contributed by atoms with Crippen LogP contribution in [0.5, 0.6) is 0 Å². The number of hydrogen-bond acceptors (Lipinski definition) is 5. The average molecular weight is 437 g/mol. The summed E-state index contributed by atoms with van der Waals surface area (Å²) in [4.78, 5) is 25.8. The molecule has 158 valence electrons. The van der Waals surface area contributed by atoms with E-state index < -0.39 is 17.7 Å². The number of rotatable bonds is 8. The minimum absolute atomic E-state index is 0.129. The summed E-state index contributed by atoms with van der Waals surface area (Å²) in [6, 6.07) is 19.4. The summed E-state index contributed by atoms with van der Waals surface area (Å²) in [7, 11) is 0. The maximum Gasteiger partial charge on any atom is 0.276 e. The van der Waals surface area contributed by atoms with Crippen molar-refractivity contribution in [3.63, 3.8) is 0 Å². The molecule has 1 aromatic heterocycles. The molecule has 3 aromatic rings. The highest BCUT2D eigenvalue weighted by atomic mass is 35.5. The number of pyridine rings is 1. The van der Waals surface area contributed by atoms with Crippen LogP contribution in [-0.2, 0) is 16.1 Å². The zero-order chi connectivity index (χ0) is 22.2. The van der Waals surface area contributed by atoms with E-state index in [2.05, 4.69) is 10.6 Å². The third-order valence-electron chi connectivity index (χ3n) is 4.46. The summed E-state index contributed by atoms with van der Waals surface area (Å²) in [6.07, 6.45) is 0.361. The lowest BCUT2D eigenvalue weighted by Crippen LogP contribution is -2.38. The van der Waals surface area contributed by atoms with E-state index in [1.807, 2.05) is 36.4 Å². The Kier molecular flexibility index (Phi) is 7.44. The van der Waals surface area contributed by atoms with Crippen molar-refractivity contribution in [3.8, 4) is 6.07 Å². The molecule has 0 saturated heterocycles. The molecule has 1 heterocycles. The van der Waals surface area contributed by atoms with Gasteiger partial charge in [-0.15, -0.1) is 0 Å². The van der Waals surface area contributed by atoms with Crippen molar-refractivity contribution in [1.29, 1.82) is 5.26 Å². The van der Waals surface area contributed by atoms with Crippen molar-refractivity contribution in [3.05, 3.63) is 93.4 Å². The minimum Gasteiger partial charge on any atom is -0.351 e. The van der Waals surface area contributed by atoms with Crippen molar-refractivity contribution in [2.24, 2.45) is 0 Å². The third-order valence-corrected chi connectivity index (χ3v) is 4.82. The molecular weight excluding hydrogens is 416 g/mol. The van der Waals surface area contributed by atoms with E-state index in [0.29, 0.717) is 21.8 Å². The summed E-state index contributed by atoms with van der Waals surface area (Å²) in [5.74, 6) is -0.485. The summed E-state index contributed by atoms with van der Waals surface area (Å²) in [5, 5.41) is 15.1. The first-order chi connectivity index (χ1) is 15.0. The third kappa shape index (κ3) is 5.51. The van der Waals surface area contributed by atoms with Crippen molar-refractivity contribution >= 4 is 28.9 Å². The average Bonchev–Trinajstić information content (AvgIpc) is 2.79. The number of ether oxygens (including phenoxy) is 1. The van der Waals surface area contributed by atoms with Gasteiger partial charge in [0.25, 0.3) is 11.5 Å². The fourth-order valence-corrected chi connectivity index (χ4v) is 3.18. The van der Waals surface area contributed by atoms with Crippen molar-refractivity contribution in [1.82, 2.24) is 9.88 Å². The van der Waals surface area contributed by atoms with Gasteiger partial charge in [0.2, 0.25) is 6.23 Å². The van der Waals surface area contributed by atoms with Gasteiger partial charge < -0.3 is 15.4 Å². The fourth-order valence-electron chi connectivity index (χ4n) is 2.94. The van der Waals surface area contributed by atoms with E-state index in [1.165, 1.54) is 16.8 Å². The first-order valence-electron chi connectivity index (χ1n) is 9.64. The van der Waals surface area contributed by atoms with Crippen LogP contribution in [0.4, 0.5) is 11.4 Å². The van der Waals surface area contributed by atoms with Crippen LogP contribution in [0.3, 0.4) is 0 Å². The van der Waals surface area contributed by atoms with E-state index in [-0.39, 0.29) is 13.2 Å². The van der Waals surface area contributed by atoms with Gasteiger partial charge in [0.15, 0.2) is 0 Å². The van der Waals surface area contributed by atoms with Crippen molar-refractivity contribution < 1.29 is 9.53 Å². The van der Waals surface area contributed by atoms with Crippen molar-refractivity contribution in [2.45, 2.75) is 19.7 Å². The molecule has 0 aliphatic carbocycles. The number of para-hydroxylation sites is 1.